The van der Waals surface area contributed by atoms with Crippen LogP contribution < -0.4 is 25.4 Å². The van der Waals surface area contributed by atoms with Crippen molar-refractivity contribution in [1.29, 1.82) is 0 Å². The molecule has 0 bridgehead atoms. The molecular weight excluding hydrogens is 432 g/mol. The third kappa shape index (κ3) is 5.54. The molecule has 0 fully saturated rings. The first kappa shape index (κ1) is 22.2. The summed E-state index contributed by atoms with van der Waals surface area (Å²) in [6.07, 6.45) is 0. The molecule has 0 saturated heterocycles. The minimum atomic E-state index is -2.91. The number of hydrogen-bond donors (Lipinski definition) is 2. The van der Waals surface area contributed by atoms with E-state index in [1.54, 1.807) is 18.2 Å². The number of thioether (sulfide) groups is 1. The van der Waals surface area contributed by atoms with E-state index in [2.05, 4.69) is 20.3 Å². The molecule has 3 N–H and O–H groups in total. The zero-order valence-corrected chi connectivity index (χ0v) is 17.4. The first-order valence-electron chi connectivity index (χ1n) is 8.81. The molecule has 0 radical (unpaired) electrons. The van der Waals surface area contributed by atoms with E-state index in [4.69, 9.17) is 15.3 Å². The van der Waals surface area contributed by atoms with Crippen molar-refractivity contribution in [2.45, 2.75) is 11.8 Å². The second-order valence-electron chi connectivity index (χ2n) is 5.98. The molecular formula is C19H19F2N5O4S. The van der Waals surface area contributed by atoms with Gasteiger partial charge in [0.15, 0.2) is 5.82 Å². The number of benzene rings is 2. The first-order chi connectivity index (χ1) is 14.9. The Bertz CT molecular complexity index is 1050. The number of halogens is 2. The van der Waals surface area contributed by atoms with E-state index in [9.17, 15) is 13.6 Å². The number of amides is 1. The standard InChI is InChI=1S/C19H19F2N5O4S/c1-28-13-7-8-15(29-2)14(9-13)23-16(27)10-31-19-25-24-17(26(19)22)11-3-5-12(6-4-11)30-18(20)21/h3-9,18H,10,22H2,1-2H3,(H,23,27). The maximum atomic E-state index is 12.4. The Kier molecular flexibility index (Phi) is 7.13. The molecule has 0 unspecified atom stereocenters. The Morgan fingerprint density at radius 2 is 1.84 bits per heavy atom. The highest BCUT2D eigenvalue weighted by Gasteiger charge is 2.15. The number of nitrogens with two attached hydrogens (primary N) is 1. The van der Waals surface area contributed by atoms with Crippen molar-refractivity contribution < 1.29 is 27.8 Å². The summed E-state index contributed by atoms with van der Waals surface area (Å²) in [7, 11) is 3.02. The first-order valence-corrected chi connectivity index (χ1v) is 9.80. The number of anilines is 1. The van der Waals surface area contributed by atoms with Gasteiger partial charge in [-0.1, -0.05) is 11.8 Å². The predicted molar refractivity (Wildman–Crippen MR) is 111 cm³/mol. The zero-order chi connectivity index (χ0) is 22.4. The normalized spacial score (nSPS) is 10.7. The minimum absolute atomic E-state index is 0.0108. The van der Waals surface area contributed by atoms with Gasteiger partial charge in [-0.15, -0.1) is 10.2 Å². The van der Waals surface area contributed by atoms with Gasteiger partial charge in [0.1, 0.15) is 17.2 Å². The number of nitrogens with one attached hydrogen (secondary N) is 1. The Morgan fingerprint density at radius 1 is 1.13 bits per heavy atom. The SMILES string of the molecule is COc1ccc(OC)c(NC(=O)CSc2nnc(-c3ccc(OC(F)F)cc3)n2N)c1. The molecule has 2 aromatic carbocycles. The van der Waals surface area contributed by atoms with Gasteiger partial charge in [0, 0.05) is 11.6 Å². The van der Waals surface area contributed by atoms with Gasteiger partial charge in [0.25, 0.3) is 0 Å². The number of carbonyl (C=O) groups excluding carboxylic acids is 1. The molecule has 0 aliphatic carbocycles. The lowest BCUT2D eigenvalue weighted by atomic mass is 10.2. The number of rotatable bonds is 9. The van der Waals surface area contributed by atoms with Crippen LogP contribution in [-0.2, 0) is 4.79 Å². The van der Waals surface area contributed by atoms with Crippen molar-refractivity contribution in [3.8, 4) is 28.6 Å². The Morgan fingerprint density at radius 3 is 2.48 bits per heavy atom. The smallest absolute Gasteiger partial charge is 0.387 e. The molecule has 1 amide bonds. The van der Waals surface area contributed by atoms with E-state index in [-0.39, 0.29) is 17.4 Å². The molecule has 0 aliphatic rings. The van der Waals surface area contributed by atoms with Crippen LogP contribution in [0.2, 0.25) is 0 Å². The monoisotopic (exact) mass is 451 g/mol. The summed E-state index contributed by atoms with van der Waals surface area (Å²) in [5, 5.41) is 11.0. The van der Waals surface area contributed by atoms with E-state index >= 15 is 0 Å². The van der Waals surface area contributed by atoms with E-state index in [0.717, 1.165) is 11.8 Å². The van der Waals surface area contributed by atoms with Gasteiger partial charge in [0.2, 0.25) is 11.1 Å². The van der Waals surface area contributed by atoms with Crippen molar-refractivity contribution in [1.82, 2.24) is 14.9 Å². The maximum absolute atomic E-state index is 12.4. The molecule has 9 nitrogen and oxygen atoms in total. The van der Waals surface area contributed by atoms with Crippen LogP contribution in [0.25, 0.3) is 11.4 Å². The molecule has 0 saturated carbocycles. The van der Waals surface area contributed by atoms with Crippen LogP contribution in [0.5, 0.6) is 17.2 Å². The van der Waals surface area contributed by atoms with Crippen LogP contribution in [-0.4, -0.2) is 47.4 Å². The number of ether oxygens (including phenoxy) is 3. The van der Waals surface area contributed by atoms with Gasteiger partial charge in [-0.3, -0.25) is 4.79 Å². The molecule has 0 spiro atoms. The fourth-order valence-corrected chi connectivity index (χ4v) is 3.24. The van der Waals surface area contributed by atoms with Gasteiger partial charge in [-0.25, -0.2) is 4.68 Å². The summed E-state index contributed by atoms with van der Waals surface area (Å²) in [5.41, 5.74) is 1.02. The van der Waals surface area contributed by atoms with Crippen molar-refractivity contribution in [2.24, 2.45) is 0 Å². The third-order valence-electron chi connectivity index (χ3n) is 4.02. The second-order valence-corrected chi connectivity index (χ2v) is 6.92. The van der Waals surface area contributed by atoms with Gasteiger partial charge in [-0.05, 0) is 36.4 Å². The van der Waals surface area contributed by atoms with Gasteiger partial charge in [0.05, 0.1) is 25.7 Å². The van der Waals surface area contributed by atoms with Crippen LogP contribution in [0.3, 0.4) is 0 Å². The zero-order valence-electron chi connectivity index (χ0n) is 16.5. The van der Waals surface area contributed by atoms with Crippen molar-refractivity contribution in [2.75, 3.05) is 31.1 Å². The van der Waals surface area contributed by atoms with E-state index < -0.39 is 6.61 Å². The third-order valence-corrected chi connectivity index (χ3v) is 4.96. The summed E-state index contributed by atoms with van der Waals surface area (Å²) >= 11 is 1.08. The topological polar surface area (TPSA) is 114 Å². The molecule has 164 valence electrons. The van der Waals surface area contributed by atoms with Crippen LogP contribution in [0.1, 0.15) is 0 Å². The highest BCUT2D eigenvalue weighted by atomic mass is 32.2. The average Bonchev–Trinajstić information content (AvgIpc) is 3.12. The Labute approximate surface area is 180 Å². The summed E-state index contributed by atoms with van der Waals surface area (Å²) in [4.78, 5) is 12.4. The predicted octanol–water partition coefficient (Wildman–Crippen LogP) is 3.01. The lowest BCUT2D eigenvalue weighted by molar-refractivity contribution is -0.113. The van der Waals surface area contributed by atoms with Crippen LogP contribution in [0.15, 0.2) is 47.6 Å². The highest BCUT2D eigenvalue weighted by molar-refractivity contribution is 7.99. The summed E-state index contributed by atoms with van der Waals surface area (Å²) in [6.45, 7) is -2.91. The van der Waals surface area contributed by atoms with Crippen LogP contribution >= 0.6 is 11.8 Å². The Balaban J connectivity index is 1.64. The molecule has 1 aromatic heterocycles. The summed E-state index contributed by atoms with van der Waals surface area (Å²) in [6, 6.07) is 10.8. The number of nitrogen functional groups attached to an aromatic ring is 1. The molecule has 1 heterocycles. The molecule has 3 rings (SSSR count). The maximum Gasteiger partial charge on any atom is 0.387 e. The number of alkyl halides is 2. The van der Waals surface area contributed by atoms with Gasteiger partial charge >= 0.3 is 6.61 Å². The highest BCUT2D eigenvalue weighted by Crippen LogP contribution is 2.29. The second kappa shape index (κ2) is 9.98. The van der Waals surface area contributed by atoms with Crippen molar-refractivity contribution in [3.05, 3.63) is 42.5 Å². The fourth-order valence-electron chi connectivity index (χ4n) is 2.59. The van der Waals surface area contributed by atoms with E-state index in [1.807, 2.05) is 0 Å². The van der Waals surface area contributed by atoms with Gasteiger partial charge in [-0.2, -0.15) is 8.78 Å². The summed E-state index contributed by atoms with van der Waals surface area (Å²) < 4.78 is 40.4. The lowest BCUT2D eigenvalue weighted by Gasteiger charge is -2.11. The average molecular weight is 451 g/mol. The quantitative estimate of drug-likeness (QED) is 0.377. The Hall–Kier alpha value is -3.54. The van der Waals surface area contributed by atoms with Crippen LogP contribution in [0, 0.1) is 0 Å². The fraction of sp³-hybridized carbons (Fsp3) is 0.211. The molecule has 0 atom stereocenters. The minimum Gasteiger partial charge on any atom is -0.497 e. The van der Waals surface area contributed by atoms with E-state index in [0.29, 0.717) is 33.7 Å². The number of hydrogen-bond acceptors (Lipinski definition) is 8. The van der Waals surface area contributed by atoms with Crippen molar-refractivity contribution in [3.63, 3.8) is 0 Å². The number of nitrogens with zero attached hydrogens (tertiary/aromatic N) is 3. The number of carbonyl (C=O) groups is 1. The number of aromatic nitrogens is 3. The molecule has 12 heteroatoms. The molecule has 3 aromatic rings. The van der Waals surface area contributed by atoms with E-state index in [1.165, 1.54) is 43.2 Å². The largest absolute Gasteiger partial charge is 0.497 e. The summed E-state index contributed by atoms with van der Waals surface area (Å²) in [5.74, 6) is 7.11. The van der Waals surface area contributed by atoms with Gasteiger partial charge < -0.3 is 25.4 Å². The van der Waals surface area contributed by atoms with Crippen LogP contribution in [0.4, 0.5) is 14.5 Å². The van der Waals surface area contributed by atoms with Crippen molar-refractivity contribution >= 4 is 23.4 Å². The molecule has 0 aliphatic heterocycles. The molecule has 31 heavy (non-hydrogen) atoms. The lowest BCUT2D eigenvalue weighted by Crippen LogP contribution is -2.17. The number of methoxy groups -OCH3 is 2.